The first-order valence-corrected chi connectivity index (χ1v) is 4.92. The van der Waals surface area contributed by atoms with Crippen molar-refractivity contribution in [1.82, 2.24) is 0 Å². The molecule has 0 saturated heterocycles. The third-order valence-electron chi connectivity index (χ3n) is 2.08. The molecule has 75 valence electrons. The third-order valence-corrected chi connectivity index (χ3v) is 2.08. The van der Waals surface area contributed by atoms with E-state index < -0.39 is 0 Å². The van der Waals surface area contributed by atoms with Crippen LogP contribution in [0.3, 0.4) is 0 Å². The van der Waals surface area contributed by atoms with E-state index in [0.717, 1.165) is 26.7 Å². The van der Waals surface area contributed by atoms with E-state index >= 15 is 0 Å². The Labute approximate surface area is 82.5 Å². The second-order valence-corrected chi connectivity index (χ2v) is 4.01. The summed E-state index contributed by atoms with van der Waals surface area (Å²) in [5.74, 6) is 0.413. The molecule has 0 aliphatic carbocycles. The molecule has 3 heteroatoms. The van der Waals surface area contributed by atoms with Crippen LogP contribution in [0.15, 0.2) is 11.6 Å². The first kappa shape index (κ1) is 12.7. The van der Waals surface area contributed by atoms with Crippen molar-refractivity contribution < 1.29 is 5.02 Å². The van der Waals surface area contributed by atoms with Gasteiger partial charge in [0, 0.05) is 5.94 Å². The Hall–Kier alpha value is -0.275. The first-order valence-electron chi connectivity index (χ1n) is 4.92. The molecule has 2 nitrogen and oxygen atoms in total. The standard InChI is InChI=1S/C10H21BNO/c1-8(2)5-4-6-9(3)7-10(12)11-13/h5,9-10,13H,4,6-7,12H2,1-3H3. The van der Waals surface area contributed by atoms with E-state index in [1.807, 2.05) is 0 Å². The molecular formula is C10H21BNO. The Morgan fingerprint density at radius 2 is 2.15 bits per heavy atom. The lowest BCUT2D eigenvalue weighted by atomic mass is 9.81. The average Bonchev–Trinajstić information content (AvgIpc) is 2.03. The molecule has 13 heavy (non-hydrogen) atoms. The summed E-state index contributed by atoms with van der Waals surface area (Å²) in [4.78, 5) is 0. The van der Waals surface area contributed by atoms with E-state index in [-0.39, 0.29) is 5.94 Å². The number of nitrogens with two attached hydrogens (primary N) is 1. The van der Waals surface area contributed by atoms with Crippen molar-refractivity contribution in [1.29, 1.82) is 0 Å². The molecule has 2 atom stereocenters. The van der Waals surface area contributed by atoms with Gasteiger partial charge >= 0.3 is 7.48 Å². The van der Waals surface area contributed by atoms with Gasteiger partial charge in [-0.05, 0) is 39.0 Å². The molecule has 0 aromatic heterocycles. The maximum atomic E-state index is 8.64. The summed E-state index contributed by atoms with van der Waals surface area (Å²) in [5, 5.41) is 8.64. The normalized spacial score (nSPS) is 14.8. The van der Waals surface area contributed by atoms with Crippen LogP contribution in [0.5, 0.6) is 0 Å². The molecule has 0 aliphatic heterocycles. The smallest absolute Gasteiger partial charge is 0.305 e. The fourth-order valence-electron chi connectivity index (χ4n) is 1.30. The van der Waals surface area contributed by atoms with Crippen molar-refractivity contribution in [3.63, 3.8) is 0 Å². The largest absolute Gasteiger partial charge is 0.453 e. The summed E-state index contributed by atoms with van der Waals surface area (Å²) in [6.07, 6.45) is 5.37. The van der Waals surface area contributed by atoms with Gasteiger partial charge in [0.15, 0.2) is 0 Å². The maximum Gasteiger partial charge on any atom is 0.305 e. The summed E-state index contributed by atoms with van der Waals surface area (Å²) in [7, 11) is 1.08. The third kappa shape index (κ3) is 8.07. The van der Waals surface area contributed by atoms with Crippen LogP contribution in [0, 0.1) is 5.92 Å². The van der Waals surface area contributed by atoms with Gasteiger partial charge < -0.3 is 10.8 Å². The summed E-state index contributed by atoms with van der Waals surface area (Å²) >= 11 is 0. The summed E-state index contributed by atoms with van der Waals surface area (Å²) in [6, 6.07) is 0. The summed E-state index contributed by atoms with van der Waals surface area (Å²) in [5.41, 5.74) is 6.95. The van der Waals surface area contributed by atoms with Crippen LogP contribution in [0.1, 0.15) is 40.0 Å². The van der Waals surface area contributed by atoms with E-state index in [9.17, 15) is 0 Å². The van der Waals surface area contributed by atoms with Crippen molar-refractivity contribution in [2.24, 2.45) is 11.7 Å². The van der Waals surface area contributed by atoms with Crippen molar-refractivity contribution in [3.05, 3.63) is 11.6 Å². The number of allylic oxidation sites excluding steroid dienone is 2. The highest BCUT2D eigenvalue weighted by molar-refractivity contribution is 6.27. The fraction of sp³-hybridized carbons (Fsp3) is 0.800. The van der Waals surface area contributed by atoms with Crippen LogP contribution in [0.4, 0.5) is 0 Å². The van der Waals surface area contributed by atoms with Crippen molar-refractivity contribution in [2.75, 3.05) is 0 Å². The van der Waals surface area contributed by atoms with Gasteiger partial charge in [-0.1, -0.05) is 18.6 Å². The minimum atomic E-state index is -0.165. The fourth-order valence-corrected chi connectivity index (χ4v) is 1.30. The molecule has 0 spiro atoms. The highest BCUT2D eigenvalue weighted by atomic mass is 16.2. The molecule has 0 bridgehead atoms. The number of hydrogen-bond acceptors (Lipinski definition) is 2. The molecule has 2 unspecified atom stereocenters. The van der Waals surface area contributed by atoms with E-state index in [4.69, 9.17) is 10.8 Å². The predicted octanol–water partition coefficient (Wildman–Crippen LogP) is 1.66. The zero-order chi connectivity index (χ0) is 10.3. The second kappa shape index (κ2) is 7.16. The molecule has 0 saturated carbocycles. The van der Waals surface area contributed by atoms with Crippen LogP contribution in [-0.4, -0.2) is 18.4 Å². The van der Waals surface area contributed by atoms with Gasteiger partial charge in [-0.25, -0.2) is 0 Å². The highest BCUT2D eigenvalue weighted by Gasteiger charge is 2.08. The van der Waals surface area contributed by atoms with Gasteiger partial charge in [-0.3, -0.25) is 0 Å². The van der Waals surface area contributed by atoms with Crippen molar-refractivity contribution >= 4 is 7.48 Å². The molecule has 0 aromatic carbocycles. The van der Waals surface area contributed by atoms with Gasteiger partial charge in [-0.2, -0.15) is 0 Å². The van der Waals surface area contributed by atoms with Gasteiger partial charge in [0.25, 0.3) is 0 Å². The van der Waals surface area contributed by atoms with E-state index in [1.165, 1.54) is 5.57 Å². The Morgan fingerprint density at radius 1 is 1.54 bits per heavy atom. The van der Waals surface area contributed by atoms with Crippen LogP contribution in [-0.2, 0) is 0 Å². The average molecular weight is 182 g/mol. The Kier molecular flexibility index (Phi) is 7.01. The highest BCUT2D eigenvalue weighted by Crippen LogP contribution is 2.12. The van der Waals surface area contributed by atoms with E-state index in [0.29, 0.717) is 5.92 Å². The van der Waals surface area contributed by atoms with Crippen LogP contribution < -0.4 is 5.73 Å². The molecule has 0 rings (SSSR count). The maximum absolute atomic E-state index is 8.64. The molecule has 0 aromatic rings. The lowest BCUT2D eigenvalue weighted by Crippen LogP contribution is -2.29. The van der Waals surface area contributed by atoms with Crippen LogP contribution >= 0.6 is 0 Å². The Morgan fingerprint density at radius 3 is 2.62 bits per heavy atom. The zero-order valence-corrected chi connectivity index (χ0v) is 8.96. The summed E-state index contributed by atoms with van der Waals surface area (Å²) in [6.45, 7) is 6.39. The zero-order valence-electron chi connectivity index (χ0n) is 8.96. The van der Waals surface area contributed by atoms with E-state index in [2.05, 4.69) is 26.8 Å². The van der Waals surface area contributed by atoms with Gasteiger partial charge in [0.05, 0.1) is 0 Å². The SMILES string of the molecule is CC(C)=CCCC(C)CC(N)[B]O. The quantitative estimate of drug-likeness (QED) is 0.484. The molecular weight excluding hydrogens is 161 g/mol. The van der Waals surface area contributed by atoms with Crippen molar-refractivity contribution in [2.45, 2.75) is 46.0 Å². The topological polar surface area (TPSA) is 46.2 Å². The molecule has 0 amide bonds. The Bertz CT molecular complexity index is 155. The molecule has 0 fully saturated rings. The number of rotatable bonds is 6. The second-order valence-electron chi connectivity index (χ2n) is 4.01. The minimum absolute atomic E-state index is 0.165. The van der Waals surface area contributed by atoms with Crippen LogP contribution in [0.2, 0.25) is 0 Å². The van der Waals surface area contributed by atoms with Crippen LogP contribution in [0.25, 0.3) is 0 Å². The van der Waals surface area contributed by atoms with Crippen molar-refractivity contribution in [3.8, 4) is 0 Å². The minimum Gasteiger partial charge on any atom is -0.453 e. The lowest BCUT2D eigenvalue weighted by molar-refractivity contribution is 0.466. The predicted molar refractivity (Wildman–Crippen MR) is 58.4 cm³/mol. The summed E-state index contributed by atoms with van der Waals surface area (Å²) < 4.78 is 0. The lowest BCUT2D eigenvalue weighted by Gasteiger charge is -2.13. The van der Waals surface area contributed by atoms with Gasteiger partial charge in [0.1, 0.15) is 0 Å². The molecule has 0 aliphatic rings. The molecule has 1 radical (unpaired) electrons. The van der Waals surface area contributed by atoms with E-state index in [1.54, 1.807) is 0 Å². The van der Waals surface area contributed by atoms with Gasteiger partial charge in [-0.15, -0.1) is 0 Å². The van der Waals surface area contributed by atoms with Gasteiger partial charge in [0.2, 0.25) is 0 Å². The molecule has 0 heterocycles. The monoisotopic (exact) mass is 182 g/mol. The Balaban J connectivity index is 3.51. The number of hydrogen-bond donors (Lipinski definition) is 2. The first-order chi connectivity index (χ1) is 6.06. The molecule has 3 N–H and O–H groups in total.